The van der Waals surface area contributed by atoms with Crippen LogP contribution in [0.15, 0.2) is 42.5 Å². The van der Waals surface area contributed by atoms with E-state index in [9.17, 15) is 0 Å². The van der Waals surface area contributed by atoms with E-state index in [1.54, 1.807) is 7.11 Å². The lowest BCUT2D eigenvalue weighted by Crippen LogP contribution is -2.00. The highest BCUT2D eigenvalue weighted by atomic mass is 127. The van der Waals surface area contributed by atoms with Gasteiger partial charge in [-0.15, -0.1) is 0 Å². The van der Waals surface area contributed by atoms with Crippen LogP contribution in [0.4, 0.5) is 0 Å². The summed E-state index contributed by atoms with van der Waals surface area (Å²) in [6, 6.07) is 14.3. The van der Waals surface area contributed by atoms with Crippen LogP contribution in [0, 0.1) is 3.57 Å². The maximum absolute atomic E-state index is 5.91. The highest BCUT2D eigenvalue weighted by molar-refractivity contribution is 14.1. The molecule has 0 aliphatic carbocycles. The van der Waals surface area contributed by atoms with Gasteiger partial charge in [0.2, 0.25) is 0 Å². The molecule has 0 spiro atoms. The minimum Gasteiger partial charge on any atom is -0.493 e. The van der Waals surface area contributed by atoms with Crippen LogP contribution >= 0.6 is 22.6 Å². The summed E-state index contributed by atoms with van der Waals surface area (Å²) in [7, 11) is 1.68. The van der Waals surface area contributed by atoms with E-state index in [-0.39, 0.29) is 0 Å². The minimum absolute atomic E-state index is 0.554. The fraction of sp³-hybridized carbons (Fsp3) is 0.250. The normalized spacial score (nSPS) is 10.3. The first kappa shape index (κ1) is 14.2. The number of halogens is 1. The van der Waals surface area contributed by atoms with Gasteiger partial charge in [-0.1, -0.05) is 37.3 Å². The second kappa shape index (κ2) is 6.80. The zero-order valence-electron chi connectivity index (χ0n) is 11.2. The first-order valence-corrected chi connectivity index (χ1v) is 7.35. The number of rotatable bonds is 5. The van der Waals surface area contributed by atoms with Gasteiger partial charge < -0.3 is 9.47 Å². The van der Waals surface area contributed by atoms with Crippen molar-refractivity contribution in [3.8, 4) is 11.5 Å². The first-order valence-electron chi connectivity index (χ1n) is 6.27. The number of methoxy groups -OCH3 is 1. The summed E-state index contributed by atoms with van der Waals surface area (Å²) in [5.74, 6) is 1.63. The zero-order chi connectivity index (χ0) is 13.7. The molecule has 0 bridgehead atoms. The molecule has 0 saturated heterocycles. The number of hydrogen-bond donors (Lipinski definition) is 0. The van der Waals surface area contributed by atoms with E-state index in [1.165, 1.54) is 5.56 Å². The first-order chi connectivity index (χ1) is 9.24. The second-order valence-corrected chi connectivity index (χ2v) is 5.40. The van der Waals surface area contributed by atoms with Crippen LogP contribution in [0.25, 0.3) is 0 Å². The molecule has 0 atom stereocenters. The molecule has 100 valence electrons. The van der Waals surface area contributed by atoms with Crippen LogP contribution in [0.2, 0.25) is 0 Å². The third kappa shape index (κ3) is 3.62. The smallest absolute Gasteiger partial charge is 0.174 e. The molecule has 2 aromatic rings. The summed E-state index contributed by atoms with van der Waals surface area (Å²) in [5.41, 5.74) is 2.41. The lowest BCUT2D eigenvalue weighted by atomic mass is 10.1. The van der Waals surface area contributed by atoms with E-state index in [0.29, 0.717) is 6.61 Å². The van der Waals surface area contributed by atoms with Crippen molar-refractivity contribution in [3.63, 3.8) is 0 Å². The summed E-state index contributed by atoms with van der Waals surface area (Å²) in [4.78, 5) is 0. The van der Waals surface area contributed by atoms with E-state index in [1.807, 2.05) is 24.3 Å². The molecule has 2 aromatic carbocycles. The Morgan fingerprint density at radius 1 is 1.05 bits per heavy atom. The summed E-state index contributed by atoms with van der Waals surface area (Å²) >= 11 is 2.30. The Balaban J connectivity index is 2.20. The molecule has 0 aliphatic rings. The van der Waals surface area contributed by atoms with Gasteiger partial charge in [0.15, 0.2) is 11.5 Å². The maximum Gasteiger partial charge on any atom is 0.174 e. The van der Waals surface area contributed by atoms with Gasteiger partial charge >= 0.3 is 0 Å². The fourth-order valence-electron chi connectivity index (χ4n) is 1.85. The quantitative estimate of drug-likeness (QED) is 0.727. The van der Waals surface area contributed by atoms with E-state index < -0.39 is 0 Å². The topological polar surface area (TPSA) is 18.5 Å². The number of ether oxygens (including phenoxy) is 2. The molecule has 0 heterocycles. The highest BCUT2D eigenvalue weighted by Crippen LogP contribution is 2.34. The van der Waals surface area contributed by atoms with Crippen molar-refractivity contribution in [2.24, 2.45) is 0 Å². The van der Waals surface area contributed by atoms with Crippen LogP contribution in [-0.2, 0) is 13.0 Å². The van der Waals surface area contributed by atoms with Crippen LogP contribution < -0.4 is 9.47 Å². The third-order valence-corrected chi connectivity index (χ3v) is 3.72. The van der Waals surface area contributed by atoms with Gasteiger partial charge in [-0.05, 0) is 52.3 Å². The number of aryl methyl sites for hydroxylation is 1. The van der Waals surface area contributed by atoms with Crippen molar-refractivity contribution in [2.45, 2.75) is 20.0 Å². The maximum atomic E-state index is 5.91. The molecule has 19 heavy (non-hydrogen) atoms. The van der Waals surface area contributed by atoms with Gasteiger partial charge in [0.25, 0.3) is 0 Å². The molecule has 0 amide bonds. The van der Waals surface area contributed by atoms with Gasteiger partial charge in [0.1, 0.15) is 6.61 Å². The SMILES string of the molecule is CCc1cc(I)c(OCc2ccccc2)c(OC)c1. The van der Waals surface area contributed by atoms with Crippen LogP contribution in [0.1, 0.15) is 18.1 Å². The second-order valence-electron chi connectivity index (χ2n) is 4.24. The lowest BCUT2D eigenvalue weighted by molar-refractivity contribution is 0.282. The Kier molecular flexibility index (Phi) is 5.07. The average molecular weight is 368 g/mol. The van der Waals surface area contributed by atoms with Gasteiger partial charge in [-0.25, -0.2) is 0 Å². The van der Waals surface area contributed by atoms with Crippen molar-refractivity contribution >= 4 is 22.6 Å². The predicted molar refractivity (Wildman–Crippen MR) is 85.9 cm³/mol. The summed E-state index contributed by atoms with van der Waals surface area (Å²) in [5, 5.41) is 0. The zero-order valence-corrected chi connectivity index (χ0v) is 13.3. The lowest BCUT2D eigenvalue weighted by Gasteiger charge is -2.14. The van der Waals surface area contributed by atoms with E-state index in [2.05, 4.69) is 47.7 Å². The number of hydrogen-bond acceptors (Lipinski definition) is 2. The van der Waals surface area contributed by atoms with E-state index in [4.69, 9.17) is 9.47 Å². The Labute approximate surface area is 127 Å². The van der Waals surface area contributed by atoms with Crippen molar-refractivity contribution in [1.29, 1.82) is 0 Å². The van der Waals surface area contributed by atoms with Crippen molar-refractivity contribution in [3.05, 3.63) is 57.2 Å². The molecular formula is C16H17IO2. The van der Waals surface area contributed by atoms with E-state index >= 15 is 0 Å². The van der Waals surface area contributed by atoms with Crippen molar-refractivity contribution < 1.29 is 9.47 Å². The largest absolute Gasteiger partial charge is 0.493 e. The molecule has 3 heteroatoms. The average Bonchev–Trinajstić information content (AvgIpc) is 2.46. The summed E-state index contributed by atoms with van der Waals surface area (Å²) in [6.45, 7) is 2.69. The van der Waals surface area contributed by atoms with Crippen LogP contribution in [-0.4, -0.2) is 7.11 Å². The molecule has 0 unspecified atom stereocenters. The van der Waals surface area contributed by atoms with Crippen LogP contribution in [0.5, 0.6) is 11.5 Å². The van der Waals surface area contributed by atoms with Gasteiger partial charge in [0.05, 0.1) is 10.7 Å². The molecule has 0 aromatic heterocycles. The molecule has 2 rings (SSSR count). The van der Waals surface area contributed by atoms with Gasteiger partial charge in [-0.2, -0.15) is 0 Å². The Morgan fingerprint density at radius 3 is 2.42 bits per heavy atom. The summed E-state index contributed by atoms with van der Waals surface area (Å²) < 4.78 is 12.4. The molecule has 0 fully saturated rings. The molecule has 0 N–H and O–H groups in total. The highest BCUT2D eigenvalue weighted by Gasteiger charge is 2.11. The standard InChI is InChI=1S/C16H17IO2/c1-3-12-9-14(17)16(15(10-12)18-2)19-11-13-7-5-4-6-8-13/h4-10H,3,11H2,1-2H3. The summed E-state index contributed by atoms with van der Waals surface area (Å²) in [6.07, 6.45) is 0.991. The van der Waals surface area contributed by atoms with Crippen molar-refractivity contribution in [1.82, 2.24) is 0 Å². The number of benzene rings is 2. The molecule has 2 nitrogen and oxygen atoms in total. The Hall–Kier alpha value is -1.23. The molecule has 0 saturated carbocycles. The molecule has 0 radical (unpaired) electrons. The Bertz CT molecular complexity index is 538. The van der Waals surface area contributed by atoms with Crippen LogP contribution in [0.3, 0.4) is 0 Å². The van der Waals surface area contributed by atoms with Gasteiger partial charge in [-0.3, -0.25) is 0 Å². The minimum atomic E-state index is 0.554. The van der Waals surface area contributed by atoms with Gasteiger partial charge in [0, 0.05) is 0 Å². The third-order valence-electron chi connectivity index (χ3n) is 2.92. The Morgan fingerprint density at radius 2 is 1.79 bits per heavy atom. The molecule has 0 aliphatic heterocycles. The monoisotopic (exact) mass is 368 g/mol. The predicted octanol–water partition coefficient (Wildman–Crippen LogP) is 4.44. The van der Waals surface area contributed by atoms with Crippen molar-refractivity contribution in [2.75, 3.05) is 7.11 Å². The van der Waals surface area contributed by atoms with E-state index in [0.717, 1.165) is 27.1 Å². The molecular weight excluding hydrogens is 351 g/mol. The fourth-order valence-corrected chi connectivity index (χ4v) is 2.67.